The van der Waals surface area contributed by atoms with Gasteiger partial charge in [0.05, 0.1) is 17.8 Å². The molecule has 2 aromatic rings. The molecule has 2 amide bonds. The molecule has 0 aromatic heterocycles. The van der Waals surface area contributed by atoms with Crippen LogP contribution in [0.15, 0.2) is 46.9 Å². The van der Waals surface area contributed by atoms with Gasteiger partial charge < -0.3 is 19.7 Å². The van der Waals surface area contributed by atoms with E-state index in [9.17, 15) is 14.4 Å². The third-order valence-corrected chi connectivity index (χ3v) is 4.77. The van der Waals surface area contributed by atoms with Crippen molar-refractivity contribution in [2.45, 2.75) is 13.3 Å². The smallest absolute Gasteiger partial charge is 0.308 e. The zero-order valence-electron chi connectivity index (χ0n) is 15.2. The maximum absolute atomic E-state index is 12.1. The molecule has 1 aliphatic heterocycles. The highest BCUT2D eigenvalue weighted by Crippen LogP contribution is 2.31. The van der Waals surface area contributed by atoms with E-state index >= 15 is 0 Å². The quantitative estimate of drug-likeness (QED) is 0.689. The van der Waals surface area contributed by atoms with Gasteiger partial charge in [-0.15, -0.1) is 0 Å². The third-order valence-electron chi connectivity index (χ3n) is 4.11. The fourth-order valence-corrected chi connectivity index (χ4v) is 3.32. The Morgan fingerprint density at radius 2 is 2.04 bits per heavy atom. The van der Waals surface area contributed by atoms with Crippen molar-refractivity contribution in [2.24, 2.45) is 0 Å². The lowest BCUT2D eigenvalue weighted by Gasteiger charge is -2.28. The molecule has 1 N–H and O–H groups in total. The predicted molar refractivity (Wildman–Crippen MR) is 107 cm³/mol. The standard InChI is InChI=1S/C20H19BrN2O5/c1-13-6-7-15(14(21)10-13)22-18(24)11-28-20(26)8-9-23-16-4-2-3-5-17(16)27-12-19(23)25/h2-7,10H,8-9,11-12H2,1H3,(H,22,24). The summed E-state index contributed by atoms with van der Waals surface area (Å²) in [5, 5.41) is 2.67. The molecule has 0 atom stereocenters. The molecule has 146 valence electrons. The number of aryl methyl sites for hydroxylation is 1. The molecular formula is C20H19BrN2O5. The molecule has 1 heterocycles. The molecule has 7 nitrogen and oxygen atoms in total. The predicted octanol–water partition coefficient (Wildman–Crippen LogP) is 3.05. The summed E-state index contributed by atoms with van der Waals surface area (Å²) >= 11 is 3.37. The first-order chi connectivity index (χ1) is 13.4. The number of para-hydroxylation sites is 2. The maximum atomic E-state index is 12.1. The minimum absolute atomic E-state index is 0.0262. The van der Waals surface area contributed by atoms with E-state index in [1.165, 1.54) is 4.90 Å². The first kappa shape index (κ1) is 19.9. The number of amides is 2. The van der Waals surface area contributed by atoms with Crippen molar-refractivity contribution < 1.29 is 23.9 Å². The van der Waals surface area contributed by atoms with Gasteiger partial charge in [0.25, 0.3) is 11.8 Å². The highest BCUT2D eigenvalue weighted by atomic mass is 79.9. The van der Waals surface area contributed by atoms with Gasteiger partial charge in [0.1, 0.15) is 5.75 Å². The number of nitrogens with one attached hydrogen (secondary N) is 1. The van der Waals surface area contributed by atoms with Crippen LogP contribution >= 0.6 is 15.9 Å². The second-order valence-electron chi connectivity index (χ2n) is 6.24. The van der Waals surface area contributed by atoms with Gasteiger partial charge in [0.15, 0.2) is 13.2 Å². The number of nitrogens with zero attached hydrogens (tertiary/aromatic N) is 1. The number of carbonyl (C=O) groups is 3. The molecule has 28 heavy (non-hydrogen) atoms. The van der Waals surface area contributed by atoms with Crippen molar-refractivity contribution in [3.63, 3.8) is 0 Å². The molecule has 3 rings (SSSR count). The Bertz CT molecular complexity index is 915. The fourth-order valence-electron chi connectivity index (χ4n) is 2.73. The van der Waals surface area contributed by atoms with Crippen molar-refractivity contribution in [1.82, 2.24) is 0 Å². The Morgan fingerprint density at radius 3 is 2.82 bits per heavy atom. The molecule has 0 saturated carbocycles. The number of anilines is 2. The minimum Gasteiger partial charge on any atom is -0.482 e. The molecule has 0 bridgehead atoms. The second-order valence-corrected chi connectivity index (χ2v) is 7.10. The molecule has 2 aromatic carbocycles. The Hall–Kier alpha value is -2.87. The second kappa shape index (κ2) is 8.88. The lowest BCUT2D eigenvalue weighted by molar-refractivity contribution is -0.147. The SMILES string of the molecule is Cc1ccc(NC(=O)COC(=O)CCN2C(=O)COc3ccccc32)c(Br)c1. The number of hydrogen-bond donors (Lipinski definition) is 1. The van der Waals surface area contributed by atoms with Crippen LogP contribution in [0, 0.1) is 6.92 Å². The van der Waals surface area contributed by atoms with Crippen molar-refractivity contribution in [1.29, 1.82) is 0 Å². The number of fused-ring (bicyclic) bond motifs is 1. The average molecular weight is 447 g/mol. The highest BCUT2D eigenvalue weighted by molar-refractivity contribution is 9.10. The zero-order valence-corrected chi connectivity index (χ0v) is 16.8. The maximum Gasteiger partial charge on any atom is 0.308 e. The van der Waals surface area contributed by atoms with Crippen LogP contribution in [0.4, 0.5) is 11.4 Å². The van der Waals surface area contributed by atoms with Crippen LogP contribution in [0.25, 0.3) is 0 Å². The lowest BCUT2D eigenvalue weighted by atomic mass is 10.2. The first-order valence-corrected chi connectivity index (χ1v) is 9.47. The topological polar surface area (TPSA) is 84.9 Å². The summed E-state index contributed by atoms with van der Waals surface area (Å²) in [6.45, 7) is 1.63. The summed E-state index contributed by atoms with van der Waals surface area (Å²) in [6.07, 6.45) is -0.0262. The van der Waals surface area contributed by atoms with Gasteiger partial charge in [-0.2, -0.15) is 0 Å². The number of benzene rings is 2. The summed E-state index contributed by atoms with van der Waals surface area (Å²) in [6, 6.07) is 12.6. The van der Waals surface area contributed by atoms with Gasteiger partial charge in [0.2, 0.25) is 0 Å². The number of esters is 1. The first-order valence-electron chi connectivity index (χ1n) is 8.68. The van der Waals surface area contributed by atoms with E-state index in [2.05, 4.69) is 21.2 Å². The third kappa shape index (κ3) is 4.89. The molecule has 0 saturated heterocycles. The van der Waals surface area contributed by atoms with E-state index < -0.39 is 18.5 Å². The van der Waals surface area contributed by atoms with Crippen molar-refractivity contribution in [3.05, 3.63) is 52.5 Å². The molecule has 0 radical (unpaired) electrons. The Labute approximate surface area is 170 Å². The van der Waals surface area contributed by atoms with Gasteiger partial charge >= 0.3 is 5.97 Å². The monoisotopic (exact) mass is 446 g/mol. The molecule has 0 unspecified atom stereocenters. The van der Waals surface area contributed by atoms with Gasteiger partial charge in [-0.3, -0.25) is 14.4 Å². The van der Waals surface area contributed by atoms with Crippen LogP contribution in [0.5, 0.6) is 5.75 Å². The van der Waals surface area contributed by atoms with Crippen molar-refractivity contribution in [2.75, 3.05) is 30.0 Å². The molecule has 1 aliphatic rings. The summed E-state index contributed by atoms with van der Waals surface area (Å²) < 4.78 is 11.1. The number of ether oxygens (including phenoxy) is 2. The number of rotatable bonds is 6. The lowest BCUT2D eigenvalue weighted by Crippen LogP contribution is -2.40. The average Bonchev–Trinajstić information content (AvgIpc) is 2.68. The Balaban J connectivity index is 1.48. The molecule has 8 heteroatoms. The van der Waals surface area contributed by atoms with E-state index in [4.69, 9.17) is 9.47 Å². The van der Waals surface area contributed by atoms with Crippen LogP contribution < -0.4 is 15.0 Å². The molecule has 0 spiro atoms. The molecular weight excluding hydrogens is 428 g/mol. The summed E-state index contributed by atoms with van der Waals surface area (Å²) in [4.78, 5) is 37.5. The largest absolute Gasteiger partial charge is 0.482 e. The summed E-state index contributed by atoms with van der Waals surface area (Å²) in [7, 11) is 0. The molecule has 0 aliphatic carbocycles. The van der Waals surface area contributed by atoms with Crippen molar-refractivity contribution in [3.8, 4) is 5.75 Å². The van der Waals surface area contributed by atoms with Crippen LogP contribution in [0.3, 0.4) is 0 Å². The zero-order chi connectivity index (χ0) is 20.1. The molecule has 0 fully saturated rings. The summed E-state index contributed by atoms with van der Waals surface area (Å²) in [5.74, 6) is -0.632. The van der Waals surface area contributed by atoms with E-state index in [1.54, 1.807) is 24.3 Å². The van der Waals surface area contributed by atoms with Gasteiger partial charge in [-0.1, -0.05) is 18.2 Å². The van der Waals surface area contributed by atoms with Gasteiger partial charge in [-0.05, 0) is 52.7 Å². The van der Waals surface area contributed by atoms with E-state index in [-0.39, 0.29) is 25.5 Å². The van der Waals surface area contributed by atoms with Gasteiger partial charge in [0, 0.05) is 11.0 Å². The van der Waals surface area contributed by atoms with Crippen LogP contribution in [-0.4, -0.2) is 37.5 Å². The minimum atomic E-state index is -0.560. The number of carbonyl (C=O) groups excluding carboxylic acids is 3. The fraction of sp³-hybridized carbons (Fsp3) is 0.250. The number of halogens is 1. The van der Waals surface area contributed by atoms with Gasteiger partial charge in [-0.25, -0.2) is 0 Å². The van der Waals surface area contributed by atoms with Crippen LogP contribution in [-0.2, 0) is 19.1 Å². The normalized spacial score (nSPS) is 12.8. The van der Waals surface area contributed by atoms with E-state index in [0.717, 1.165) is 10.0 Å². The Morgan fingerprint density at radius 1 is 1.25 bits per heavy atom. The highest BCUT2D eigenvalue weighted by Gasteiger charge is 2.25. The summed E-state index contributed by atoms with van der Waals surface area (Å²) in [5.41, 5.74) is 2.27. The van der Waals surface area contributed by atoms with Crippen molar-refractivity contribution >= 4 is 45.1 Å². The van der Waals surface area contributed by atoms with Crippen LogP contribution in [0.1, 0.15) is 12.0 Å². The Kier molecular flexibility index (Phi) is 6.30. The van der Waals surface area contributed by atoms with Crippen LogP contribution in [0.2, 0.25) is 0 Å². The van der Waals surface area contributed by atoms with E-state index in [0.29, 0.717) is 17.1 Å². The van der Waals surface area contributed by atoms with E-state index in [1.807, 2.05) is 25.1 Å². The number of hydrogen-bond acceptors (Lipinski definition) is 5.